The van der Waals surface area contributed by atoms with Gasteiger partial charge in [-0.2, -0.15) is 0 Å². The van der Waals surface area contributed by atoms with Gasteiger partial charge < -0.3 is 9.47 Å². The van der Waals surface area contributed by atoms with Crippen molar-refractivity contribution in [1.29, 1.82) is 0 Å². The van der Waals surface area contributed by atoms with Crippen LogP contribution in [-0.4, -0.2) is 20.1 Å². The van der Waals surface area contributed by atoms with E-state index < -0.39 is 15.4 Å². The molecule has 2 aliphatic heterocycles. The Labute approximate surface area is 129 Å². The van der Waals surface area contributed by atoms with Gasteiger partial charge in [-0.15, -0.1) is 0 Å². The molecule has 2 unspecified atom stereocenters. The normalized spacial score (nSPS) is 28.4. The molecule has 1 aliphatic carbocycles. The molecule has 0 spiro atoms. The van der Waals surface area contributed by atoms with E-state index in [4.69, 9.17) is 9.47 Å². The van der Waals surface area contributed by atoms with Crippen molar-refractivity contribution in [1.82, 2.24) is 0 Å². The third-order valence-corrected chi connectivity index (χ3v) is 5.97. The van der Waals surface area contributed by atoms with Gasteiger partial charge in [-0.05, 0) is 32.1 Å². The second-order valence-electron chi connectivity index (χ2n) is 6.16. The van der Waals surface area contributed by atoms with Crippen LogP contribution < -0.4 is 0 Å². The average molecular weight is 316 g/mol. The number of hydrogen-bond acceptors (Lipinski definition) is 4. The number of fused-ring (bicyclic) bond motifs is 2. The summed E-state index contributed by atoms with van der Waals surface area (Å²) in [6.45, 7) is 3.92. The zero-order valence-corrected chi connectivity index (χ0v) is 13.1. The molecule has 0 fully saturated rings. The summed E-state index contributed by atoms with van der Waals surface area (Å²) < 4.78 is 36.9. The summed E-state index contributed by atoms with van der Waals surface area (Å²) in [7, 11) is -3.51. The van der Waals surface area contributed by atoms with Gasteiger partial charge in [-0.3, -0.25) is 0 Å². The van der Waals surface area contributed by atoms with Gasteiger partial charge in [0.25, 0.3) is 0 Å². The number of benzene rings is 1. The molecule has 0 saturated carbocycles. The summed E-state index contributed by atoms with van der Waals surface area (Å²) in [6.07, 6.45) is 5.01. The monoisotopic (exact) mass is 316 g/mol. The van der Waals surface area contributed by atoms with E-state index in [1.165, 1.54) is 0 Å². The zero-order chi connectivity index (χ0) is 15.5. The van der Waals surface area contributed by atoms with Crippen molar-refractivity contribution in [2.45, 2.75) is 30.4 Å². The molecule has 1 aromatic rings. The minimum Gasteiger partial charge on any atom is -0.455 e. The Balaban J connectivity index is 1.74. The maximum atomic E-state index is 12.7. The molecule has 2 atom stereocenters. The van der Waals surface area contributed by atoms with E-state index in [1.807, 2.05) is 19.9 Å². The smallest absolute Gasteiger partial charge is 0.206 e. The van der Waals surface area contributed by atoms with Crippen LogP contribution in [0.2, 0.25) is 0 Å². The van der Waals surface area contributed by atoms with Crippen LogP contribution in [0.25, 0.3) is 0 Å². The van der Waals surface area contributed by atoms with Gasteiger partial charge in [-0.25, -0.2) is 8.42 Å². The minimum atomic E-state index is -3.51. The van der Waals surface area contributed by atoms with E-state index in [9.17, 15) is 8.42 Å². The Morgan fingerprint density at radius 2 is 1.86 bits per heavy atom. The number of allylic oxidation sites excluding steroid dienone is 1. The Bertz CT molecular complexity index is 829. The van der Waals surface area contributed by atoms with Crippen LogP contribution in [0, 0.1) is 5.92 Å². The molecule has 0 radical (unpaired) electrons. The Morgan fingerprint density at radius 3 is 2.59 bits per heavy atom. The van der Waals surface area contributed by atoms with Crippen molar-refractivity contribution < 1.29 is 17.9 Å². The fourth-order valence-electron chi connectivity index (χ4n) is 3.01. The molecule has 4 nitrogen and oxygen atoms in total. The molecule has 2 heterocycles. The summed E-state index contributed by atoms with van der Waals surface area (Å²) in [5.74, 6) is 1.53. The lowest BCUT2D eigenvalue weighted by Gasteiger charge is -2.32. The van der Waals surface area contributed by atoms with Crippen molar-refractivity contribution in [2.75, 3.05) is 0 Å². The third kappa shape index (κ3) is 1.96. The summed E-state index contributed by atoms with van der Waals surface area (Å²) in [4.78, 5) is 0.595. The second kappa shape index (κ2) is 4.33. The number of ether oxygens (including phenoxy) is 2. The molecule has 5 heteroatoms. The Kier molecular flexibility index (Phi) is 2.72. The SMILES string of the molecule is CC1(C)OC2C=CC(S(=O)(=O)c3ccccc3)=CC2C2=C1O2. The van der Waals surface area contributed by atoms with E-state index in [0.29, 0.717) is 9.80 Å². The highest BCUT2D eigenvalue weighted by Gasteiger charge is 2.52. The largest absolute Gasteiger partial charge is 0.455 e. The van der Waals surface area contributed by atoms with E-state index in [2.05, 4.69) is 0 Å². The minimum absolute atomic E-state index is 0.151. The highest BCUT2D eigenvalue weighted by atomic mass is 32.2. The quantitative estimate of drug-likeness (QED) is 0.842. The molecular weight excluding hydrogens is 300 g/mol. The maximum absolute atomic E-state index is 12.7. The first-order valence-electron chi connectivity index (χ1n) is 7.20. The standard InChI is InChI=1S/C17H16O4S/c1-17(2)16-15(20-16)13-10-12(8-9-14(13)21-17)22(18,19)11-6-4-3-5-7-11/h3-10,13-14H,1-2H3. The van der Waals surface area contributed by atoms with Gasteiger partial charge in [0.2, 0.25) is 9.84 Å². The predicted molar refractivity (Wildman–Crippen MR) is 81.4 cm³/mol. The van der Waals surface area contributed by atoms with Gasteiger partial charge in [0.15, 0.2) is 11.5 Å². The van der Waals surface area contributed by atoms with Crippen molar-refractivity contribution in [2.24, 2.45) is 5.92 Å². The predicted octanol–water partition coefficient (Wildman–Crippen LogP) is 2.95. The Hall–Kier alpha value is -1.85. The molecule has 0 aromatic heterocycles. The molecule has 0 N–H and O–H groups in total. The van der Waals surface area contributed by atoms with Crippen LogP contribution in [0.3, 0.4) is 0 Å². The Morgan fingerprint density at radius 1 is 1.14 bits per heavy atom. The van der Waals surface area contributed by atoms with Crippen molar-refractivity contribution in [3.8, 4) is 0 Å². The molecule has 22 heavy (non-hydrogen) atoms. The first-order chi connectivity index (χ1) is 10.4. The number of sulfone groups is 1. The second-order valence-corrected chi connectivity index (χ2v) is 8.11. The number of rotatable bonds is 2. The van der Waals surface area contributed by atoms with Crippen LogP contribution in [-0.2, 0) is 19.3 Å². The van der Waals surface area contributed by atoms with Crippen LogP contribution in [0.15, 0.2) is 69.9 Å². The molecule has 0 bridgehead atoms. The van der Waals surface area contributed by atoms with Gasteiger partial charge >= 0.3 is 0 Å². The van der Waals surface area contributed by atoms with Gasteiger partial charge in [-0.1, -0.05) is 30.4 Å². The van der Waals surface area contributed by atoms with E-state index in [0.717, 1.165) is 11.5 Å². The third-order valence-electron chi connectivity index (χ3n) is 4.19. The zero-order valence-electron chi connectivity index (χ0n) is 12.3. The molecule has 4 rings (SSSR count). The fraction of sp³-hybridized carbons (Fsp3) is 0.294. The molecule has 3 aliphatic rings. The highest BCUT2D eigenvalue weighted by molar-refractivity contribution is 7.95. The van der Waals surface area contributed by atoms with Crippen LogP contribution >= 0.6 is 0 Å². The molecule has 0 amide bonds. The van der Waals surface area contributed by atoms with Crippen molar-refractivity contribution in [3.63, 3.8) is 0 Å². The topological polar surface area (TPSA) is 55.9 Å². The van der Waals surface area contributed by atoms with E-state index in [-0.39, 0.29) is 12.0 Å². The molecule has 1 aromatic carbocycles. The van der Waals surface area contributed by atoms with Gasteiger partial charge in [0, 0.05) is 0 Å². The van der Waals surface area contributed by atoms with Crippen LogP contribution in [0.5, 0.6) is 0 Å². The summed E-state index contributed by atoms with van der Waals surface area (Å²) in [5, 5.41) is 0. The lowest BCUT2D eigenvalue weighted by atomic mass is 9.91. The van der Waals surface area contributed by atoms with E-state index in [1.54, 1.807) is 42.5 Å². The van der Waals surface area contributed by atoms with Crippen molar-refractivity contribution in [3.05, 3.63) is 65.0 Å². The van der Waals surface area contributed by atoms with Crippen LogP contribution in [0.1, 0.15) is 13.8 Å². The van der Waals surface area contributed by atoms with E-state index >= 15 is 0 Å². The summed E-state index contributed by atoms with van der Waals surface area (Å²) >= 11 is 0. The number of hydrogen-bond donors (Lipinski definition) is 0. The van der Waals surface area contributed by atoms with Crippen LogP contribution in [0.4, 0.5) is 0 Å². The maximum Gasteiger partial charge on any atom is 0.206 e. The lowest BCUT2D eigenvalue weighted by molar-refractivity contribution is -0.0438. The fourth-order valence-corrected chi connectivity index (χ4v) is 4.38. The van der Waals surface area contributed by atoms with Crippen molar-refractivity contribution >= 4 is 9.84 Å². The summed E-state index contributed by atoms with van der Waals surface area (Å²) in [6, 6.07) is 8.45. The summed E-state index contributed by atoms with van der Waals surface area (Å²) in [5.41, 5.74) is -0.440. The van der Waals surface area contributed by atoms with Gasteiger partial charge in [0.05, 0.1) is 21.8 Å². The first kappa shape index (κ1) is 13.8. The molecular formula is C17H16O4S. The van der Waals surface area contributed by atoms with Gasteiger partial charge in [0.1, 0.15) is 5.60 Å². The molecule has 114 valence electrons. The average Bonchev–Trinajstić information content (AvgIpc) is 3.29. The highest BCUT2D eigenvalue weighted by Crippen LogP contribution is 2.51. The lowest BCUT2D eigenvalue weighted by Crippen LogP contribution is -2.36. The molecule has 0 saturated heterocycles. The first-order valence-corrected chi connectivity index (χ1v) is 8.68.